The maximum Gasteiger partial charge on any atom is 0.191 e. The maximum absolute atomic E-state index is 5.61. The van der Waals surface area contributed by atoms with Crippen LogP contribution in [0.15, 0.2) is 29.3 Å². The van der Waals surface area contributed by atoms with Crippen LogP contribution in [0.5, 0.6) is 0 Å². The predicted octanol–water partition coefficient (Wildman–Crippen LogP) is 2.85. The molecule has 0 aromatic heterocycles. The fourth-order valence-electron chi connectivity index (χ4n) is 2.43. The minimum Gasteiger partial charge on any atom is -0.378 e. The van der Waals surface area contributed by atoms with Gasteiger partial charge in [-0.1, -0.05) is 24.3 Å². The Bertz CT molecular complexity index is 445. The molecule has 0 spiro atoms. The molecule has 0 bridgehead atoms. The molecule has 1 atom stereocenters. The smallest absolute Gasteiger partial charge is 0.191 e. The number of guanidine groups is 1. The van der Waals surface area contributed by atoms with Gasteiger partial charge in [0.2, 0.25) is 0 Å². The number of rotatable bonds is 5. The van der Waals surface area contributed by atoms with E-state index in [1.54, 1.807) is 7.05 Å². The second-order valence-electron chi connectivity index (χ2n) is 5.20. The summed E-state index contributed by atoms with van der Waals surface area (Å²) in [5.41, 5.74) is 2.60. The number of nitrogens with zero attached hydrogens (tertiary/aromatic N) is 1. The van der Waals surface area contributed by atoms with Crippen molar-refractivity contribution in [3.05, 3.63) is 35.4 Å². The molecule has 0 aliphatic carbocycles. The highest BCUT2D eigenvalue weighted by atomic mass is 127. The van der Waals surface area contributed by atoms with Crippen LogP contribution in [0.25, 0.3) is 0 Å². The van der Waals surface area contributed by atoms with Gasteiger partial charge in [0.1, 0.15) is 0 Å². The van der Waals surface area contributed by atoms with Crippen LogP contribution in [-0.4, -0.2) is 32.3 Å². The summed E-state index contributed by atoms with van der Waals surface area (Å²) in [6.07, 6.45) is 3.87. The van der Waals surface area contributed by atoms with E-state index in [0.717, 1.165) is 32.1 Å². The first-order valence-electron chi connectivity index (χ1n) is 7.40. The third kappa shape index (κ3) is 6.22. The number of hydrogen-bond donors (Lipinski definition) is 2. The largest absolute Gasteiger partial charge is 0.378 e. The molecule has 2 rings (SSSR count). The summed E-state index contributed by atoms with van der Waals surface area (Å²) in [5, 5.41) is 6.69. The Morgan fingerprint density at radius 2 is 2.14 bits per heavy atom. The predicted molar refractivity (Wildman–Crippen MR) is 98.4 cm³/mol. The van der Waals surface area contributed by atoms with E-state index in [1.165, 1.54) is 24.0 Å². The summed E-state index contributed by atoms with van der Waals surface area (Å²) in [6.45, 7) is 4.75. The third-order valence-electron chi connectivity index (χ3n) is 3.71. The van der Waals surface area contributed by atoms with E-state index in [4.69, 9.17) is 4.74 Å². The van der Waals surface area contributed by atoms with E-state index in [0.29, 0.717) is 6.10 Å². The first kappa shape index (κ1) is 18.2. The van der Waals surface area contributed by atoms with Crippen molar-refractivity contribution in [3.8, 4) is 0 Å². The zero-order valence-electron chi connectivity index (χ0n) is 12.9. The van der Waals surface area contributed by atoms with E-state index >= 15 is 0 Å². The Labute approximate surface area is 144 Å². The highest BCUT2D eigenvalue weighted by Crippen LogP contribution is 2.14. The molecule has 1 fully saturated rings. The van der Waals surface area contributed by atoms with E-state index in [1.807, 2.05) is 0 Å². The summed E-state index contributed by atoms with van der Waals surface area (Å²) in [6, 6.07) is 8.40. The van der Waals surface area contributed by atoms with Crippen LogP contribution in [0.4, 0.5) is 0 Å². The van der Waals surface area contributed by atoms with Crippen molar-refractivity contribution in [2.24, 2.45) is 4.99 Å². The zero-order chi connectivity index (χ0) is 14.2. The summed E-state index contributed by atoms with van der Waals surface area (Å²) >= 11 is 0. The molecule has 0 radical (unpaired) electrons. The number of nitrogens with one attached hydrogen (secondary N) is 2. The number of aryl methyl sites for hydroxylation is 1. The van der Waals surface area contributed by atoms with Gasteiger partial charge in [-0.2, -0.15) is 0 Å². The molecule has 118 valence electrons. The topological polar surface area (TPSA) is 45.7 Å². The monoisotopic (exact) mass is 403 g/mol. The fourth-order valence-corrected chi connectivity index (χ4v) is 2.43. The Morgan fingerprint density at radius 3 is 2.81 bits per heavy atom. The first-order chi connectivity index (χ1) is 9.79. The lowest BCUT2D eigenvalue weighted by Crippen LogP contribution is -2.38. The summed E-state index contributed by atoms with van der Waals surface area (Å²) in [7, 11) is 1.80. The SMILES string of the molecule is CN=C(NCCC1CCCO1)NCc1ccccc1C.I. The highest BCUT2D eigenvalue weighted by molar-refractivity contribution is 14.0. The van der Waals surface area contributed by atoms with Crippen molar-refractivity contribution in [2.45, 2.75) is 38.8 Å². The number of halogens is 1. The van der Waals surface area contributed by atoms with E-state index < -0.39 is 0 Å². The molecule has 2 N–H and O–H groups in total. The second kappa shape index (κ2) is 10.00. The van der Waals surface area contributed by atoms with Gasteiger partial charge in [-0.25, -0.2) is 0 Å². The number of hydrogen-bond acceptors (Lipinski definition) is 2. The first-order valence-corrected chi connectivity index (χ1v) is 7.40. The lowest BCUT2D eigenvalue weighted by atomic mass is 10.1. The lowest BCUT2D eigenvalue weighted by molar-refractivity contribution is 0.105. The van der Waals surface area contributed by atoms with Gasteiger partial charge in [-0.15, -0.1) is 24.0 Å². The van der Waals surface area contributed by atoms with Crippen molar-refractivity contribution >= 4 is 29.9 Å². The average Bonchev–Trinajstić information content (AvgIpc) is 2.97. The standard InChI is InChI=1S/C16H25N3O.HI/c1-13-6-3-4-7-14(13)12-19-16(17-2)18-10-9-15-8-5-11-20-15;/h3-4,6-7,15H,5,8-12H2,1-2H3,(H2,17,18,19);1H. The van der Waals surface area contributed by atoms with E-state index in [2.05, 4.69) is 46.8 Å². The van der Waals surface area contributed by atoms with E-state index in [9.17, 15) is 0 Å². The van der Waals surface area contributed by atoms with Crippen molar-refractivity contribution in [1.29, 1.82) is 0 Å². The van der Waals surface area contributed by atoms with Gasteiger partial charge in [0.25, 0.3) is 0 Å². The van der Waals surface area contributed by atoms with Gasteiger partial charge in [0, 0.05) is 26.7 Å². The molecule has 1 heterocycles. The molecular weight excluding hydrogens is 377 g/mol. The lowest BCUT2D eigenvalue weighted by Gasteiger charge is -2.14. The van der Waals surface area contributed by atoms with Gasteiger partial charge in [-0.3, -0.25) is 4.99 Å². The van der Waals surface area contributed by atoms with Gasteiger partial charge in [-0.05, 0) is 37.3 Å². The highest BCUT2D eigenvalue weighted by Gasteiger charge is 2.14. The summed E-state index contributed by atoms with van der Waals surface area (Å²) in [5.74, 6) is 0.853. The van der Waals surface area contributed by atoms with Gasteiger partial charge in [0.15, 0.2) is 5.96 Å². The average molecular weight is 403 g/mol. The van der Waals surface area contributed by atoms with Crippen LogP contribution in [-0.2, 0) is 11.3 Å². The molecule has 0 amide bonds. The third-order valence-corrected chi connectivity index (χ3v) is 3.71. The summed E-state index contributed by atoms with van der Waals surface area (Å²) < 4.78 is 5.61. The number of aliphatic imine (C=N–C) groups is 1. The molecule has 0 saturated carbocycles. The molecule has 5 heteroatoms. The fraction of sp³-hybridized carbons (Fsp3) is 0.562. The van der Waals surface area contributed by atoms with Gasteiger partial charge in [0.05, 0.1) is 6.10 Å². The van der Waals surface area contributed by atoms with Gasteiger partial charge < -0.3 is 15.4 Å². The molecule has 1 saturated heterocycles. The van der Waals surface area contributed by atoms with E-state index in [-0.39, 0.29) is 24.0 Å². The quantitative estimate of drug-likeness (QED) is 0.452. The molecule has 1 aliphatic rings. The Morgan fingerprint density at radius 1 is 1.33 bits per heavy atom. The van der Waals surface area contributed by atoms with Crippen molar-refractivity contribution in [1.82, 2.24) is 10.6 Å². The molecule has 1 unspecified atom stereocenters. The van der Waals surface area contributed by atoms with Crippen LogP contribution in [0.1, 0.15) is 30.4 Å². The van der Waals surface area contributed by atoms with Crippen LogP contribution in [0.2, 0.25) is 0 Å². The Balaban J connectivity index is 0.00000220. The van der Waals surface area contributed by atoms with Crippen LogP contribution < -0.4 is 10.6 Å². The van der Waals surface area contributed by atoms with Gasteiger partial charge >= 0.3 is 0 Å². The molecule has 1 aromatic carbocycles. The van der Waals surface area contributed by atoms with Crippen LogP contribution >= 0.6 is 24.0 Å². The van der Waals surface area contributed by atoms with Crippen LogP contribution in [0, 0.1) is 6.92 Å². The van der Waals surface area contributed by atoms with Crippen molar-refractivity contribution in [3.63, 3.8) is 0 Å². The summed E-state index contributed by atoms with van der Waals surface area (Å²) in [4.78, 5) is 4.25. The maximum atomic E-state index is 5.61. The normalized spacial score (nSPS) is 18.2. The second-order valence-corrected chi connectivity index (χ2v) is 5.20. The Hall–Kier alpha value is -0.820. The molecule has 1 aliphatic heterocycles. The minimum absolute atomic E-state index is 0. The minimum atomic E-state index is 0. The zero-order valence-corrected chi connectivity index (χ0v) is 15.2. The molecule has 4 nitrogen and oxygen atoms in total. The molecule has 21 heavy (non-hydrogen) atoms. The Kier molecular flexibility index (Phi) is 8.68. The number of ether oxygens (including phenoxy) is 1. The van der Waals surface area contributed by atoms with Crippen LogP contribution in [0.3, 0.4) is 0 Å². The molecular formula is C16H26IN3O. The molecule has 1 aromatic rings. The van der Waals surface area contributed by atoms with Crippen molar-refractivity contribution < 1.29 is 4.74 Å². The van der Waals surface area contributed by atoms with Crippen molar-refractivity contribution in [2.75, 3.05) is 20.2 Å². The number of benzene rings is 1.